The van der Waals surface area contributed by atoms with Crippen LogP contribution in [0.3, 0.4) is 0 Å². The molecule has 0 saturated carbocycles. The Kier molecular flexibility index (Phi) is 6.12. The van der Waals surface area contributed by atoms with Crippen LogP contribution in [0.1, 0.15) is 23.6 Å². The first-order valence-corrected chi connectivity index (χ1v) is 9.06. The monoisotopic (exact) mass is 357 g/mol. The number of rotatable bonds is 7. The molecule has 3 nitrogen and oxygen atoms in total. The van der Waals surface area contributed by atoms with Crippen LogP contribution < -0.4 is 10.1 Å². The number of ether oxygens (including phenoxy) is 1. The molecule has 3 aromatic carbocycles. The summed E-state index contributed by atoms with van der Waals surface area (Å²) in [4.78, 5) is 11.2. The highest BCUT2D eigenvalue weighted by Gasteiger charge is 2.08. The van der Waals surface area contributed by atoms with E-state index in [1.54, 1.807) is 0 Å². The van der Waals surface area contributed by atoms with Crippen molar-refractivity contribution in [3.63, 3.8) is 0 Å². The quantitative estimate of drug-likeness (QED) is 0.646. The summed E-state index contributed by atoms with van der Waals surface area (Å²) in [6.45, 7) is 2.39. The van der Waals surface area contributed by atoms with Gasteiger partial charge < -0.3 is 10.1 Å². The van der Waals surface area contributed by atoms with E-state index in [0.29, 0.717) is 6.54 Å². The van der Waals surface area contributed by atoms with E-state index >= 15 is 0 Å². The van der Waals surface area contributed by atoms with E-state index in [1.165, 1.54) is 23.6 Å². The summed E-state index contributed by atoms with van der Waals surface area (Å²) in [6.07, 6.45) is 6.93. The molecule has 0 aliphatic heterocycles. The minimum absolute atomic E-state index is 0.0159. The Labute approximate surface area is 160 Å². The molecule has 3 rings (SSSR count). The third-order valence-corrected chi connectivity index (χ3v) is 4.41. The predicted octanol–water partition coefficient (Wildman–Crippen LogP) is 4.12. The molecule has 0 aromatic heterocycles. The van der Waals surface area contributed by atoms with Gasteiger partial charge in [0.2, 0.25) is 5.91 Å². The molecule has 0 aliphatic carbocycles. The van der Waals surface area contributed by atoms with E-state index in [4.69, 9.17) is 11.2 Å². The van der Waals surface area contributed by atoms with Crippen LogP contribution in [0, 0.1) is 12.3 Å². The molecule has 27 heavy (non-hydrogen) atoms. The molecule has 0 unspecified atom stereocenters. The Morgan fingerprint density at radius 3 is 2.63 bits per heavy atom. The Morgan fingerprint density at radius 1 is 1.07 bits per heavy atom. The Bertz CT molecular complexity index is 971. The fraction of sp³-hybridized carbons (Fsp3) is 0.208. The zero-order chi connectivity index (χ0) is 19.1. The van der Waals surface area contributed by atoms with Crippen molar-refractivity contribution in [1.29, 1.82) is 0 Å². The second-order valence-electron chi connectivity index (χ2n) is 6.53. The number of carbonyl (C=O) groups excluding carboxylic acids is 1. The van der Waals surface area contributed by atoms with Gasteiger partial charge in [-0.1, -0.05) is 54.5 Å². The van der Waals surface area contributed by atoms with Crippen molar-refractivity contribution in [2.45, 2.75) is 19.8 Å². The maximum Gasteiger partial charge on any atom is 0.216 e. The highest BCUT2D eigenvalue weighted by Crippen LogP contribution is 2.27. The summed E-state index contributed by atoms with van der Waals surface area (Å²) in [5.41, 5.74) is 3.72. The zero-order valence-electron chi connectivity index (χ0n) is 15.5. The molecule has 0 aliphatic rings. The lowest BCUT2D eigenvalue weighted by Gasteiger charge is -2.13. The highest BCUT2D eigenvalue weighted by molar-refractivity contribution is 5.88. The van der Waals surface area contributed by atoms with Crippen LogP contribution in [0.5, 0.6) is 5.75 Å². The Balaban J connectivity index is 1.95. The standard InChI is InChI=1S/C24H23NO2/c1-3-13-27-23-10-9-21-15-20(14-19-7-5-4-6-8-19)16-22(24(21)17-23)11-12-25-18(2)26/h1,4-10,15-17H,11-14H2,2H3,(H,25,26). The molecule has 1 N–H and O–H groups in total. The number of nitrogens with one attached hydrogen (secondary N) is 1. The third-order valence-electron chi connectivity index (χ3n) is 4.41. The van der Waals surface area contributed by atoms with Gasteiger partial charge in [-0.05, 0) is 52.4 Å². The van der Waals surface area contributed by atoms with Gasteiger partial charge in [-0.25, -0.2) is 0 Å². The van der Waals surface area contributed by atoms with Crippen molar-refractivity contribution in [2.75, 3.05) is 13.2 Å². The lowest BCUT2D eigenvalue weighted by atomic mass is 9.95. The SMILES string of the molecule is C#CCOc1ccc2cc(Cc3ccccc3)cc(CCNC(C)=O)c2c1. The largest absolute Gasteiger partial charge is 0.481 e. The highest BCUT2D eigenvalue weighted by atomic mass is 16.5. The van der Waals surface area contributed by atoms with Gasteiger partial charge in [0.1, 0.15) is 12.4 Å². The molecule has 136 valence electrons. The summed E-state index contributed by atoms with van der Waals surface area (Å²) in [6, 6.07) is 20.9. The lowest BCUT2D eigenvalue weighted by Crippen LogP contribution is -2.22. The molecule has 1 amide bonds. The van der Waals surface area contributed by atoms with E-state index in [2.05, 4.69) is 53.7 Å². The summed E-state index contributed by atoms with van der Waals surface area (Å²) in [5.74, 6) is 3.24. The second kappa shape index (κ2) is 8.91. The van der Waals surface area contributed by atoms with E-state index in [-0.39, 0.29) is 12.5 Å². The molecule has 0 radical (unpaired) electrons. The molecule has 0 atom stereocenters. The number of benzene rings is 3. The minimum Gasteiger partial charge on any atom is -0.481 e. The molecular formula is C24H23NO2. The van der Waals surface area contributed by atoms with E-state index in [9.17, 15) is 4.79 Å². The summed E-state index contributed by atoms with van der Waals surface area (Å²) in [7, 11) is 0. The molecule has 3 heteroatoms. The Morgan fingerprint density at radius 2 is 1.89 bits per heavy atom. The average Bonchev–Trinajstić information content (AvgIpc) is 2.67. The van der Waals surface area contributed by atoms with Gasteiger partial charge in [0.05, 0.1) is 0 Å². The van der Waals surface area contributed by atoms with Crippen LogP contribution in [0.15, 0.2) is 60.7 Å². The van der Waals surface area contributed by atoms with Crippen molar-refractivity contribution >= 4 is 16.7 Å². The van der Waals surface area contributed by atoms with Crippen molar-refractivity contribution in [3.8, 4) is 18.1 Å². The molecule has 0 fully saturated rings. The van der Waals surface area contributed by atoms with E-state index < -0.39 is 0 Å². The first-order chi connectivity index (χ1) is 13.2. The summed E-state index contributed by atoms with van der Waals surface area (Å²) < 4.78 is 5.58. The first-order valence-electron chi connectivity index (χ1n) is 9.06. The van der Waals surface area contributed by atoms with Gasteiger partial charge in [-0.3, -0.25) is 4.79 Å². The summed E-state index contributed by atoms with van der Waals surface area (Å²) in [5, 5.41) is 5.17. The Hall–Kier alpha value is -3.25. The number of hydrogen-bond acceptors (Lipinski definition) is 2. The average molecular weight is 357 g/mol. The smallest absolute Gasteiger partial charge is 0.216 e. The van der Waals surface area contributed by atoms with Crippen molar-refractivity contribution in [2.24, 2.45) is 0 Å². The minimum atomic E-state index is -0.0159. The molecule has 0 bridgehead atoms. The van der Waals surface area contributed by atoms with E-state index in [0.717, 1.165) is 29.4 Å². The van der Waals surface area contributed by atoms with Crippen LogP contribution in [-0.2, 0) is 17.6 Å². The van der Waals surface area contributed by atoms with E-state index in [1.807, 2.05) is 18.2 Å². The van der Waals surface area contributed by atoms with Gasteiger partial charge in [0.25, 0.3) is 0 Å². The molecular weight excluding hydrogens is 334 g/mol. The van der Waals surface area contributed by atoms with Crippen molar-refractivity contribution < 1.29 is 9.53 Å². The molecule has 3 aromatic rings. The number of hydrogen-bond donors (Lipinski definition) is 1. The second-order valence-corrected chi connectivity index (χ2v) is 6.53. The van der Waals surface area contributed by atoms with Gasteiger partial charge in [0.15, 0.2) is 0 Å². The number of terminal acetylenes is 1. The normalized spacial score (nSPS) is 10.4. The fourth-order valence-electron chi connectivity index (χ4n) is 3.21. The fourth-order valence-corrected chi connectivity index (χ4v) is 3.21. The van der Waals surface area contributed by atoms with Crippen LogP contribution in [0.2, 0.25) is 0 Å². The van der Waals surface area contributed by atoms with Crippen LogP contribution in [-0.4, -0.2) is 19.1 Å². The topological polar surface area (TPSA) is 38.3 Å². The van der Waals surface area contributed by atoms with Crippen molar-refractivity contribution in [3.05, 3.63) is 77.4 Å². The lowest BCUT2D eigenvalue weighted by molar-refractivity contribution is -0.118. The van der Waals surface area contributed by atoms with Crippen LogP contribution in [0.4, 0.5) is 0 Å². The number of fused-ring (bicyclic) bond motifs is 1. The number of amides is 1. The third kappa shape index (κ3) is 5.12. The first kappa shape index (κ1) is 18.5. The van der Waals surface area contributed by atoms with Gasteiger partial charge in [0, 0.05) is 13.5 Å². The molecule has 0 saturated heterocycles. The van der Waals surface area contributed by atoms with Crippen LogP contribution in [0.25, 0.3) is 10.8 Å². The summed E-state index contributed by atoms with van der Waals surface area (Å²) >= 11 is 0. The molecule has 0 heterocycles. The predicted molar refractivity (Wildman–Crippen MR) is 110 cm³/mol. The molecule has 0 spiro atoms. The van der Waals surface area contributed by atoms with Gasteiger partial charge >= 0.3 is 0 Å². The van der Waals surface area contributed by atoms with Gasteiger partial charge in [-0.2, -0.15) is 0 Å². The maximum absolute atomic E-state index is 11.2. The van der Waals surface area contributed by atoms with Crippen molar-refractivity contribution in [1.82, 2.24) is 5.32 Å². The van der Waals surface area contributed by atoms with Crippen LogP contribution >= 0.6 is 0 Å². The van der Waals surface area contributed by atoms with Gasteiger partial charge in [-0.15, -0.1) is 6.42 Å². The number of carbonyl (C=O) groups is 1. The zero-order valence-corrected chi connectivity index (χ0v) is 15.5. The maximum atomic E-state index is 11.2.